The quantitative estimate of drug-likeness (QED) is 0.848. The van der Waals surface area contributed by atoms with E-state index >= 15 is 0 Å². The molecule has 0 bridgehead atoms. The predicted molar refractivity (Wildman–Crippen MR) is 78.4 cm³/mol. The monoisotopic (exact) mass is 297 g/mol. The Labute approximate surface area is 124 Å². The van der Waals surface area contributed by atoms with Gasteiger partial charge >= 0.3 is 5.97 Å². The molecule has 20 heavy (non-hydrogen) atoms. The average molecular weight is 298 g/mol. The van der Waals surface area contributed by atoms with Crippen molar-refractivity contribution in [1.29, 1.82) is 0 Å². The molecule has 110 valence electrons. The van der Waals surface area contributed by atoms with E-state index in [-0.39, 0.29) is 0 Å². The Morgan fingerprint density at radius 3 is 2.90 bits per heavy atom. The van der Waals surface area contributed by atoms with E-state index in [1.165, 1.54) is 0 Å². The van der Waals surface area contributed by atoms with Crippen LogP contribution in [0.2, 0.25) is 5.02 Å². The summed E-state index contributed by atoms with van der Waals surface area (Å²) in [6.07, 6.45) is 1.45. The predicted octanol–water partition coefficient (Wildman–Crippen LogP) is 2.86. The molecule has 2 rings (SSSR count). The maximum atomic E-state index is 11.2. The lowest BCUT2D eigenvalue weighted by Gasteiger charge is -2.17. The van der Waals surface area contributed by atoms with Gasteiger partial charge in [-0.15, -0.1) is 0 Å². The van der Waals surface area contributed by atoms with Crippen LogP contribution in [0.1, 0.15) is 31.4 Å². The molecule has 2 N–H and O–H groups in total. The van der Waals surface area contributed by atoms with Crippen LogP contribution in [0, 0.1) is 5.92 Å². The van der Waals surface area contributed by atoms with Crippen molar-refractivity contribution < 1.29 is 14.6 Å². The van der Waals surface area contributed by atoms with Crippen LogP contribution in [-0.2, 0) is 17.8 Å². The molecule has 1 aromatic carbocycles. The van der Waals surface area contributed by atoms with Gasteiger partial charge in [-0.2, -0.15) is 0 Å². The molecule has 0 amide bonds. The zero-order valence-corrected chi connectivity index (χ0v) is 12.5. The number of rotatable bonds is 6. The standard InChI is InChI=1S/C15H20ClNO3/c1-9(2)5-13(15(18)19)17-8-11-7-12(16)6-10-3-4-20-14(10)11/h6-7,9,13,17H,3-5,8H2,1-2H3,(H,18,19)/t13-/m0/s1. The smallest absolute Gasteiger partial charge is 0.320 e. The molecular formula is C15H20ClNO3. The van der Waals surface area contributed by atoms with Crippen LogP contribution in [0.5, 0.6) is 5.75 Å². The van der Waals surface area contributed by atoms with Gasteiger partial charge in [-0.3, -0.25) is 4.79 Å². The molecule has 0 spiro atoms. The topological polar surface area (TPSA) is 58.6 Å². The fraction of sp³-hybridized carbons (Fsp3) is 0.533. The number of hydrogen-bond donors (Lipinski definition) is 2. The van der Waals surface area contributed by atoms with Crippen LogP contribution in [0.3, 0.4) is 0 Å². The second kappa shape index (κ2) is 6.46. The first-order valence-electron chi connectivity index (χ1n) is 6.87. The highest BCUT2D eigenvalue weighted by molar-refractivity contribution is 6.30. The van der Waals surface area contributed by atoms with Crippen LogP contribution < -0.4 is 10.1 Å². The number of carbonyl (C=O) groups is 1. The number of ether oxygens (including phenoxy) is 1. The van der Waals surface area contributed by atoms with Crippen LogP contribution in [0.4, 0.5) is 0 Å². The van der Waals surface area contributed by atoms with Gasteiger partial charge in [0.1, 0.15) is 11.8 Å². The van der Waals surface area contributed by atoms with E-state index in [0.717, 1.165) is 23.3 Å². The largest absolute Gasteiger partial charge is 0.493 e. The number of carboxylic acid groups (broad SMARTS) is 1. The van der Waals surface area contributed by atoms with Crippen molar-refractivity contribution in [2.75, 3.05) is 6.61 Å². The summed E-state index contributed by atoms with van der Waals surface area (Å²) in [5.41, 5.74) is 2.03. The van der Waals surface area contributed by atoms with Gasteiger partial charge in [0.25, 0.3) is 0 Å². The normalized spacial score (nSPS) is 15.0. The van der Waals surface area contributed by atoms with E-state index in [9.17, 15) is 9.90 Å². The summed E-state index contributed by atoms with van der Waals surface area (Å²) >= 11 is 6.09. The summed E-state index contributed by atoms with van der Waals surface area (Å²) in [6.45, 7) is 5.14. The molecule has 1 aliphatic heterocycles. The van der Waals surface area contributed by atoms with Crippen LogP contribution in [-0.4, -0.2) is 23.7 Å². The maximum Gasteiger partial charge on any atom is 0.320 e. The molecular weight excluding hydrogens is 278 g/mol. The van der Waals surface area contributed by atoms with Crippen LogP contribution in [0.15, 0.2) is 12.1 Å². The van der Waals surface area contributed by atoms with E-state index in [1.54, 1.807) is 0 Å². The molecule has 0 aliphatic carbocycles. The van der Waals surface area contributed by atoms with Crippen molar-refractivity contribution in [1.82, 2.24) is 5.32 Å². The number of halogens is 1. The van der Waals surface area contributed by atoms with Gasteiger partial charge in [-0.05, 0) is 30.0 Å². The summed E-state index contributed by atoms with van der Waals surface area (Å²) in [5.74, 6) is 0.360. The molecule has 0 radical (unpaired) electrons. The van der Waals surface area contributed by atoms with Crippen LogP contribution >= 0.6 is 11.6 Å². The number of nitrogens with one attached hydrogen (secondary N) is 1. The Kier molecular flexibility index (Phi) is 4.89. The minimum absolute atomic E-state index is 0.324. The summed E-state index contributed by atoms with van der Waals surface area (Å²) in [6, 6.07) is 3.20. The van der Waals surface area contributed by atoms with E-state index in [2.05, 4.69) is 5.32 Å². The minimum atomic E-state index is -0.821. The third kappa shape index (κ3) is 3.64. The lowest BCUT2D eigenvalue weighted by atomic mass is 10.0. The zero-order chi connectivity index (χ0) is 14.7. The Morgan fingerprint density at radius 2 is 2.25 bits per heavy atom. The molecule has 0 saturated heterocycles. The van der Waals surface area contributed by atoms with E-state index < -0.39 is 12.0 Å². The molecule has 0 saturated carbocycles. The van der Waals surface area contributed by atoms with Crippen molar-refractivity contribution >= 4 is 17.6 Å². The molecule has 0 fully saturated rings. The highest BCUT2D eigenvalue weighted by Crippen LogP contribution is 2.32. The number of hydrogen-bond acceptors (Lipinski definition) is 3. The van der Waals surface area contributed by atoms with Gasteiger partial charge in [-0.1, -0.05) is 25.4 Å². The number of carboxylic acids is 1. The highest BCUT2D eigenvalue weighted by Gasteiger charge is 2.21. The van der Waals surface area contributed by atoms with E-state index in [0.29, 0.717) is 30.5 Å². The Morgan fingerprint density at radius 1 is 1.50 bits per heavy atom. The molecule has 4 nitrogen and oxygen atoms in total. The van der Waals surface area contributed by atoms with Crippen molar-refractivity contribution in [3.05, 3.63) is 28.3 Å². The van der Waals surface area contributed by atoms with E-state index in [1.807, 2.05) is 26.0 Å². The molecule has 1 atom stereocenters. The van der Waals surface area contributed by atoms with Gasteiger partial charge in [0.05, 0.1) is 6.61 Å². The molecule has 5 heteroatoms. The average Bonchev–Trinajstić information content (AvgIpc) is 2.81. The molecule has 1 heterocycles. The SMILES string of the molecule is CC(C)C[C@H](NCc1cc(Cl)cc2c1OCC2)C(=O)O. The van der Waals surface area contributed by atoms with Crippen molar-refractivity contribution in [2.24, 2.45) is 5.92 Å². The van der Waals surface area contributed by atoms with Crippen molar-refractivity contribution in [3.63, 3.8) is 0 Å². The Bertz CT molecular complexity index is 502. The van der Waals surface area contributed by atoms with Crippen molar-refractivity contribution in [2.45, 2.75) is 39.3 Å². The fourth-order valence-corrected chi connectivity index (χ4v) is 2.72. The zero-order valence-electron chi connectivity index (χ0n) is 11.8. The van der Waals surface area contributed by atoms with Gasteiger partial charge < -0.3 is 15.2 Å². The van der Waals surface area contributed by atoms with Gasteiger partial charge in [-0.25, -0.2) is 0 Å². The highest BCUT2D eigenvalue weighted by atomic mass is 35.5. The van der Waals surface area contributed by atoms with E-state index in [4.69, 9.17) is 16.3 Å². The second-order valence-corrected chi connectivity index (χ2v) is 5.99. The molecule has 0 unspecified atom stereocenters. The Balaban J connectivity index is 2.08. The molecule has 0 aromatic heterocycles. The van der Waals surface area contributed by atoms with Gasteiger partial charge in [0.15, 0.2) is 0 Å². The van der Waals surface area contributed by atoms with Crippen molar-refractivity contribution in [3.8, 4) is 5.75 Å². The number of benzene rings is 1. The second-order valence-electron chi connectivity index (χ2n) is 5.55. The number of fused-ring (bicyclic) bond motifs is 1. The molecule has 1 aromatic rings. The fourth-order valence-electron chi connectivity index (χ4n) is 2.45. The van der Waals surface area contributed by atoms with Gasteiger partial charge in [0, 0.05) is 23.6 Å². The summed E-state index contributed by atoms with van der Waals surface area (Å²) < 4.78 is 5.61. The van der Waals surface area contributed by atoms with Crippen LogP contribution in [0.25, 0.3) is 0 Å². The van der Waals surface area contributed by atoms with Gasteiger partial charge in [0.2, 0.25) is 0 Å². The minimum Gasteiger partial charge on any atom is -0.493 e. The Hall–Kier alpha value is -1.26. The first-order valence-corrected chi connectivity index (χ1v) is 7.25. The third-order valence-corrected chi connectivity index (χ3v) is 3.59. The summed E-state index contributed by atoms with van der Waals surface area (Å²) in [5, 5.41) is 13.0. The molecule has 1 aliphatic rings. The lowest BCUT2D eigenvalue weighted by molar-refractivity contribution is -0.140. The third-order valence-electron chi connectivity index (χ3n) is 3.37. The number of aliphatic carboxylic acids is 1. The summed E-state index contributed by atoms with van der Waals surface area (Å²) in [4.78, 5) is 11.2. The maximum absolute atomic E-state index is 11.2. The first kappa shape index (κ1) is 15.1. The first-order chi connectivity index (χ1) is 9.47. The summed E-state index contributed by atoms with van der Waals surface area (Å²) in [7, 11) is 0. The lowest BCUT2D eigenvalue weighted by Crippen LogP contribution is -2.37.